The first-order chi connectivity index (χ1) is 20.0. The molecule has 7 atom stereocenters. The molecule has 0 aliphatic carbocycles. The van der Waals surface area contributed by atoms with Gasteiger partial charge in [-0.25, -0.2) is 0 Å². The molecule has 3 N–H and O–H groups in total. The molecule has 42 heavy (non-hydrogen) atoms. The molecule has 3 unspecified atom stereocenters. The van der Waals surface area contributed by atoms with Gasteiger partial charge in [0.05, 0.1) is 37.2 Å². The van der Waals surface area contributed by atoms with Crippen molar-refractivity contribution in [3.63, 3.8) is 0 Å². The average molecular weight is 643 g/mol. The maximum atomic E-state index is 14.4. The summed E-state index contributed by atoms with van der Waals surface area (Å²) in [6.07, 6.45) is 0.307. The number of anilines is 2. The Morgan fingerprint density at radius 2 is 1.79 bits per heavy atom. The number of ether oxygens (including phenoxy) is 2. The zero-order chi connectivity index (χ0) is 30.3. The second-order valence-electron chi connectivity index (χ2n) is 12.1. The molecule has 3 aliphatic heterocycles. The summed E-state index contributed by atoms with van der Waals surface area (Å²) in [5, 5.41) is 16.5. The van der Waals surface area contributed by atoms with Crippen LogP contribution in [0.3, 0.4) is 0 Å². The van der Waals surface area contributed by atoms with Gasteiger partial charge >= 0.3 is 0 Å². The van der Waals surface area contributed by atoms with Gasteiger partial charge in [-0.1, -0.05) is 48.0 Å². The highest BCUT2D eigenvalue weighted by molar-refractivity contribution is 9.09. The van der Waals surface area contributed by atoms with Crippen LogP contribution in [0.1, 0.15) is 44.7 Å². The quantitative estimate of drug-likeness (QED) is 0.330. The Balaban J connectivity index is 1.52. The number of aliphatic hydroxyl groups excluding tert-OH is 1. The first kappa shape index (κ1) is 30.5. The molecule has 3 saturated heterocycles. The molecule has 2 aromatic rings. The molecule has 0 aromatic heterocycles. The number of alkyl halides is 1. The van der Waals surface area contributed by atoms with Crippen LogP contribution in [0.15, 0.2) is 42.5 Å². The summed E-state index contributed by atoms with van der Waals surface area (Å²) in [6, 6.07) is 11.2. The van der Waals surface area contributed by atoms with Crippen molar-refractivity contribution in [1.29, 1.82) is 0 Å². The van der Waals surface area contributed by atoms with Crippen molar-refractivity contribution < 1.29 is 29.0 Å². The minimum atomic E-state index is -1.22. The highest BCUT2D eigenvalue weighted by atomic mass is 79.9. The van der Waals surface area contributed by atoms with Crippen LogP contribution in [-0.2, 0) is 19.1 Å². The molecule has 10 heteroatoms. The number of halogens is 1. The maximum Gasteiger partial charge on any atom is 0.250 e. The van der Waals surface area contributed by atoms with Crippen LogP contribution in [0.25, 0.3) is 0 Å². The van der Waals surface area contributed by atoms with Gasteiger partial charge < -0.3 is 30.1 Å². The maximum absolute atomic E-state index is 14.4. The molecule has 1 spiro atoms. The Morgan fingerprint density at radius 1 is 1.12 bits per heavy atom. The summed E-state index contributed by atoms with van der Waals surface area (Å²) in [5.41, 5.74) is 1.84. The predicted octanol–water partition coefficient (Wildman–Crippen LogP) is 4.43. The number of likely N-dealkylation sites (tertiary alicyclic amines) is 1. The fourth-order valence-electron chi connectivity index (χ4n) is 7.11. The first-order valence-corrected chi connectivity index (χ1v) is 15.6. The minimum absolute atomic E-state index is 0.162. The van der Waals surface area contributed by atoms with Crippen LogP contribution in [0, 0.1) is 31.6 Å². The van der Waals surface area contributed by atoms with E-state index < -0.39 is 35.6 Å². The molecule has 9 nitrogen and oxygen atoms in total. The SMILES string of the molecule is CCOc1ccc(NC(=O)[C@H]2[C@@H]3OC4(CC3Br)C(C(=O)Nc3c(C)cccc3C)N([C@@H](CO)CC(C)C)C(=O)[C@H]24)cc1. The van der Waals surface area contributed by atoms with Crippen molar-refractivity contribution in [2.45, 2.75) is 76.1 Å². The Hall–Kier alpha value is -2.95. The summed E-state index contributed by atoms with van der Waals surface area (Å²) in [5.74, 6) is -1.87. The van der Waals surface area contributed by atoms with Gasteiger partial charge in [-0.15, -0.1) is 0 Å². The third-order valence-corrected chi connectivity index (χ3v) is 9.63. The number of nitrogens with zero attached hydrogens (tertiary/aromatic N) is 1. The topological polar surface area (TPSA) is 117 Å². The van der Waals surface area contributed by atoms with Crippen LogP contribution >= 0.6 is 15.9 Å². The molecule has 5 rings (SSSR count). The van der Waals surface area contributed by atoms with E-state index >= 15 is 0 Å². The number of rotatable bonds is 10. The summed E-state index contributed by atoms with van der Waals surface area (Å²) in [4.78, 5) is 43.8. The lowest BCUT2D eigenvalue weighted by molar-refractivity contribution is -0.143. The summed E-state index contributed by atoms with van der Waals surface area (Å²) in [7, 11) is 0. The van der Waals surface area contributed by atoms with E-state index in [1.165, 1.54) is 4.90 Å². The minimum Gasteiger partial charge on any atom is -0.494 e. The van der Waals surface area contributed by atoms with Gasteiger partial charge in [0, 0.05) is 16.2 Å². The van der Waals surface area contributed by atoms with Crippen LogP contribution in [0.2, 0.25) is 0 Å². The number of benzene rings is 2. The number of nitrogens with one attached hydrogen (secondary N) is 2. The van der Waals surface area contributed by atoms with Gasteiger partial charge in [0.15, 0.2) is 0 Å². The van der Waals surface area contributed by atoms with Crippen molar-refractivity contribution in [2.24, 2.45) is 17.8 Å². The van der Waals surface area contributed by atoms with Crippen molar-refractivity contribution >= 4 is 45.0 Å². The van der Waals surface area contributed by atoms with Crippen molar-refractivity contribution in [1.82, 2.24) is 4.90 Å². The normalized spacial score (nSPS) is 28.6. The van der Waals surface area contributed by atoms with E-state index in [2.05, 4.69) is 26.6 Å². The van der Waals surface area contributed by atoms with E-state index in [1.54, 1.807) is 24.3 Å². The lowest BCUT2D eigenvalue weighted by Crippen LogP contribution is -2.57. The van der Waals surface area contributed by atoms with E-state index in [1.807, 2.05) is 52.8 Å². The molecular formula is C32H40BrN3O6. The Morgan fingerprint density at radius 3 is 2.38 bits per heavy atom. The fourth-order valence-corrected chi connectivity index (χ4v) is 8.05. The second-order valence-corrected chi connectivity index (χ2v) is 13.3. The zero-order valence-electron chi connectivity index (χ0n) is 24.7. The Labute approximate surface area is 255 Å². The summed E-state index contributed by atoms with van der Waals surface area (Å²) in [6.45, 7) is 10.00. The van der Waals surface area contributed by atoms with Crippen LogP contribution in [0.4, 0.5) is 11.4 Å². The zero-order valence-corrected chi connectivity index (χ0v) is 26.3. The molecule has 0 saturated carbocycles. The number of carbonyl (C=O) groups excluding carboxylic acids is 3. The summed E-state index contributed by atoms with van der Waals surface area (Å²) < 4.78 is 12.1. The molecular weight excluding hydrogens is 602 g/mol. The number of hydrogen-bond donors (Lipinski definition) is 3. The Kier molecular flexibility index (Phi) is 8.70. The third-order valence-electron chi connectivity index (χ3n) is 8.79. The monoisotopic (exact) mass is 641 g/mol. The lowest BCUT2D eigenvalue weighted by atomic mass is 9.70. The van der Waals surface area contributed by atoms with E-state index in [9.17, 15) is 19.5 Å². The number of amides is 3. The van der Waals surface area contributed by atoms with Gasteiger partial charge in [-0.05, 0) is 74.9 Å². The van der Waals surface area contributed by atoms with E-state index in [4.69, 9.17) is 9.47 Å². The number of hydrogen-bond acceptors (Lipinski definition) is 6. The third kappa shape index (κ3) is 5.22. The second kappa shape index (κ2) is 12.0. The number of para-hydroxylation sites is 1. The van der Waals surface area contributed by atoms with Gasteiger partial charge in [0.1, 0.15) is 17.4 Å². The van der Waals surface area contributed by atoms with Crippen molar-refractivity contribution in [3.05, 3.63) is 53.6 Å². The van der Waals surface area contributed by atoms with Gasteiger partial charge in [-0.2, -0.15) is 0 Å². The highest BCUT2D eigenvalue weighted by Gasteiger charge is 2.77. The average Bonchev–Trinajstić information content (AvgIpc) is 3.54. The van der Waals surface area contributed by atoms with Gasteiger partial charge in [0.2, 0.25) is 17.7 Å². The molecule has 0 radical (unpaired) electrons. The molecule has 2 bridgehead atoms. The Bertz CT molecular complexity index is 1330. The lowest BCUT2D eigenvalue weighted by Gasteiger charge is -2.37. The molecule has 3 heterocycles. The van der Waals surface area contributed by atoms with Crippen LogP contribution in [-0.4, -0.2) is 69.6 Å². The first-order valence-electron chi connectivity index (χ1n) is 14.7. The van der Waals surface area contributed by atoms with E-state index in [-0.39, 0.29) is 35.1 Å². The van der Waals surface area contributed by atoms with Crippen LogP contribution < -0.4 is 15.4 Å². The number of aliphatic hydroxyl groups is 1. The smallest absolute Gasteiger partial charge is 0.250 e. The van der Waals surface area contributed by atoms with E-state index in [0.29, 0.717) is 36.6 Å². The molecule has 3 amide bonds. The molecule has 3 fully saturated rings. The molecule has 3 aliphatic rings. The van der Waals surface area contributed by atoms with Gasteiger partial charge in [0.25, 0.3) is 0 Å². The standard InChI is InChI=1S/C32H40BrN3O6/c1-6-41-22-12-10-20(11-13-22)34-29(38)24-25-31(40)36(21(16-37)14-17(2)3)28(32(25)15-23(33)27(24)42-32)30(39)35-26-18(4)8-7-9-19(26)5/h7-13,17,21,23-25,27-28,37H,6,14-16H2,1-5H3,(H,34,38)(H,35,39)/t21-,23?,24-,25+,27-,28?,32?/m1/s1. The van der Waals surface area contributed by atoms with Crippen LogP contribution in [0.5, 0.6) is 5.75 Å². The number of carbonyl (C=O) groups is 3. The largest absolute Gasteiger partial charge is 0.494 e. The highest BCUT2D eigenvalue weighted by Crippen LogP contribution is 2.60. The molecule has 2 aromatic carbocycles. The van der Waals surface area contributed by atoms with Crippen molar-refractivity contribution in [2.75, 3.05) is 23.8 Å². The molecule has 226 valence electrons. The van der Waals surface area contributed by atoms with Gasteiger partial charge in [-0.3, -0.25) is 14.4 Å². The number of aryl methyl sites for hydroxylation is 2. The fraction of sp³-hybridized carbons (Fsp3) is 0.531. The number of fused-ring (bicyclic) bond motifs is 1. The van der Waals surface area contributed by atoms with E-state index in [0.717, 1.165) is 11.1 Å². The predicted molar refractivity (Wildman–Crippen MR) is 164 cm³/mol. The van der Waals surface area contributed by atoms with Crippen molar-refractivity contribution in [3.8, 4) is 5.75 Å². The summed E-state index contributed by atoms with van der Waals surface area (Å²) >= 11 is 3.72.